The number of benzene rings is 2. The Kier molecular flexibility index (Phi) is 6.65. The van der Waals surface area contributed by atoms with Crippen molar-refractivity contribution in [3.63, 3.8) is 0 Å². The van der Waals surface area contributed by atoms with E-state index in [1.54, 1.807) is 24.4 Å². The summed E-state index contributed by atoms with van der Waals surface area (Å²) in [7, 11) is 0. The monoisotopic (exact) mass is 455 g/mol. The third-order valence-electron chi connectivity index (χ3n) is 5.64. The summed E-state index contributed by atoms with van der Waals surface area (Å²) in [6, 6.07) is 14.6. The van der Waals surface area contributed by atoms with Gasteiger partial charge >= 0.3 is 6.18 Å². The molecule has 0 unspecified atom stereocenters. The average Bonchev–Trinajstić information content (AvgIpc) is 3.23. The van der Waals surface area contributed by atoms with Crippen LogP contribution in [0, 0.1) is 0 Å². The number of amides is 1. The van der Waals surface area contributed by atoms with E-state index in [1.165, 1.54) is 12.1 Å². The van der Waals surface area contributed by atoms with Crippen molar-refractivity contribution in [3.05, 3.63) is 88.6 Å². The van der Waals surface area contributed by atoms with Crippen LogP contribution in [-0.2, 0) is 19.0 Å². The van der Waals surface area contributed by atoms with Crippen LogP contribution in [0.3, 0.4) is 0 Å². The number of carbonyl (C=O) groups excluding carboxylic acids is 1. The number of nitrogens with zero attached hydrogens (tertiary/aromatic N) is 2. The fraction of sp³-hybridized carbons (Fsp3) is 0.280. The van der Waals surface area contributed by atoms with Gasteiger partial charge in [0.2, 0.25) is 0 Å². The van der Waals surface area contributed by atoms with Gasteiger partial charge in [0.25, 0.3) is 5.91 Å². The molecule has 1 aromatic heterocycles. The number of pyridine rings is 1. The van der Waals surface area contributed by atoms with Crippen LogP contribution in [0.15, 0.2) is 60.8 Å². The number of carbonyl (C=O) groups is 1. The van der Waals surface area contributed by atoms with Crippen LogP contribution in [0.25, 0.3) is 0 Å². The molecule has 0 saturated carbocycles. The molecular formula is C25H24F3N3O2. The van der Waals surface area contributed by atoms with E-state index in [4.69, 9.17) is 5.11 Å². The number of hydrogen-bond donors (Lipinski definition) is 2. The molecule has 172 valence electrons. The number of aromatic nitrogens is 1. The Balaban J connectivity index is 1.55. The lowest BCUT2D eigenvalue weighted by Crippen LogP contribution is -2.25. The maximum atomic E-state index is 13.0. The number of anilines is 2. The van der Waals surface area contributed by atoms with Gasteiger partial charge in [-0.1, -0.05) is 24.3 Å². The minimum atomic E-state index is -4.37. The first-order valence-corrected chi connectivity index (χ1v) is 10.8. The van der Waals surface area contributed by atoms with Crippen LogP contribution in [-0.4, -0.2) is 35.7 Å². The van der Waals surface area contributed by atoms with Gasteiger partial charge in [0.05, 0.1) is 5.56 Å². The Bertz CT molecular complexity index is 1150. The molecule has 2 N–H and O–H groups in total. The van der Waals surface area contributed by atoms with E-state index in [0.717, 1.165) is 22.9 Å². The molecule has 8 heteroatoms. The van der Waals surface area contributed by atoms with Gasteiger partial charge in [0.1, 0.15) is 5.82 Å². The average molecular weight is 455 g/mol. The smallest absolute Gasteiger partial charge is 0.396 e. The van der Waals surface area contributed by atoms with Gasteiger partial charge in [-0.05, 0) is 66.3 Å². The van der Waals surface area contributed by atoms with E-state index in [1.807, 2.05) is 23.1 Å². The van der Waals surface area contributed by atoms with Crippen LogP contribution in [0.2, 0.25) is 0 Å². The highest BCUT2D eigenvalue weighted by molar-refractivity contribution is 5.98. The maximum absolute atomic E-state index is 13.0. The SMILES string of the molecule is O=C(NCCCO)c1cccc2c1CCN2c1cc(Cc2cccc(C(F)(F)F)c2)ccn1. The molecule has 1 aliphatic rings. The summed E-state index contributed by atoms with van der Waals surface area (Å²) in [5.74, 6) is 0.518. The second kappa shape index (κ2) is 9.62. The Morgan fingerprint density at radius 1 is 1.09 bits per heavy atom. The summed E-state index contributed by atoms with van der Waals surface area (Å²) in [6.07, 6.45) is -1.19. The van der Waals surface area contributed by atoms with Crippen LogP contribution in [0.1, 0.15) is 39.0 Å². The van der Waals surface area contributed by atoms with Gasteiger partial charge in [0.15, 0.2) is 0 Å². The third-order valence-corrected chi connectivity index (χ3v) is 5.64. The van der Waals surface area contributed by atoms with E-state index < -0.39 is 11.7 Å². The zero-order valence-electron chi connectivity index (χ0n) is 17.9. The van der Waals surface area contributed by atoms with Crippen LogP contribution < -0.4 is 10.2 Å². The summed E-state index contributed by atoms with van der Waals surface area (Å²) in [5, 5.41) is 11.7. The zero-order chi connectivity index (χ0) is 23.4. The molecule has 0 aliphatic carbocycles. The largest absolute Gasteiger partial charge is 0.416 e. The van der Waals surface area contributed by atoms with E-state index in [-0.39, 0.29) is 12.5 Å². The Morgan fingerprint density at radius 3 is 2.67 bits per heavy atom. The second-order valence-corrected chi connectivity index (χ2v) is 7.94. The molecule has 1 amide bonds. The highest BCUT2D eigenvalue weighted by Gasteiger charge is 2.30. The summed E-state index contributed by atoms with van der Waals surface area (Å²) >= 11 is 0. The van der Waals surface area contributed by atoms with Crippen molar-refractivity contribution in [2.24, 2.45) is 0 Å². The van der Waals surface area contributed by atoms with Crippen LogP contribution in [0.4, 0.5) is 24.7 Å². The summed E-state index contributed by atoms with van der Waals surface area (Å²) in [5.41, 5.74) is 3.20. The van der Waals surface area contributed by atoms with E-state index in [9.17, 15) is 18.0 Å². The van der Waals surface area contributed by atoms with Gasteiger partial charge in [-0.3, -0.25) is 4.79 Å². The minimum Gasteiger partial charge on any atom is -0.396 e. The van der Waals surface area contributed by atoms with Gasteiger partial charge in [-0.15, -0.1) is 0 Å². The lowest BCUT2D eigenvalue weighted by Gasteiger charge is -2.19. The molecule has 5 nitrogen and oxygen atoms in total. The topological polar surface area (TPSA) is 65.5 Å². The number of fused-ring (bicyclic) bond motifs is 1. The molecule has 0 fully saturated rings. The quantitative estimate of drug-likeness (QED) is 0.515. The second-order valence-electron chi connectivity index (χ2n) is 7.94. The van der Waals surface area contributed by atoms with Crippen molar-refractivity contribution in [2.45, 2.75) is 25.4 Å². The molecule has 0 atom stereocenters. The Morgan fingerprint density at radius 2 is 1.88 bits per heavy atom. The number of nitrogens with one attached hydrogen (secondary N) is 1. The van der Waals surface area contributed by atoms with Crippen molar-refractivity contribution < 1.29 is 23.1 Å². The minimum absolute atomic E-state index is 0.0173. The Hall–Kier alpha value is -3.39. The zero-order valence-corrected chi connectivity index (χ0v) is 17.9. The first-order valence-electron chi connectivity index (χ1n) is 10.8. The first-order chi connectivity index (χ1) is 15.9. The molecule has 0 saturated heterocycles. The summed E-state index contributed by atoms with van der Waals surface area (Å²) in [6.45, 7) is 1.07. The first kappa shape index (κ1) is 22.8. The number of hydrogen-bond acceptors (Lipinski definition) is 4. The van der Waals surface area contributed by atoms with Gasteiger partial charge in [0, 0.05) is 37.1 Å². The van der Waals surface area contributed by atoms with Crippen LogP contribution in [0.5, 0.6) is 0 Å². The standard InChI is InChI=1S/C25H24F3N3O2/c26-25(27,28)19-5-1-4-17(15-19)14-18-8-11-29-23(16-18)31-12-9-20-21(6-2-7-22(20)31)24(33)30-10-3-13-32/h1-2,4-8,11,15-16,32H,3,9-10,12-14H2,(H,30,33). The van der Waals surface area contributed by atoms with Crippen molar-refractivity contribution in [3.8, 4) is 0 Å². The highest BCUT2D eigenvalue weighted by atomic mass is 19.4. The van der Waals surface area contributed by atoms with E-state index in [0.29, 0.717) is 49.3 Å². The number of halogens is 3. The molecule has 2 aromatic carbocycles. The molecule has 4 rings (SSSR count). The fourth-order valence-electron chi connectivity index (χ4n) is 4.07. The van der Waals surface area contributed by atoms with Gasteiger partial charge in [-0.2, -0.15) is 13.2 Å². The van der Waals surface area contributed by atoms with Crippen molar-refractivity contribution in [2.75, 3.05) is 24.6 Å². The molecule has 0 radical (unpaired) electrons. The molecule has 0 bridgehead atoms. The highest BCUT2D eigenvalue weighted by Crippen LogP contribution is 2.36. The number of alkyl halides is 3. The lowest BCUT2D eigenvalue weighted by molar-refractivity contribution is -0.137. The summed E-state index contributed by atoms with van der Waals surface area (Å²) < 4.78 is 39.1. The summed E-state index contributed by atoms with van der Waals surface area (Å²) in [4.78, 5) is 19.1. The van der Waals surface area contributed by atoms with E-state index >= 15 is 0 Å². The fourth-order valence-corrected chi connectivity index (χ4v) is 4.07. The third kappa shape index (κ3) is 5.17. The Labute approximate surface area is 189 Å². The number of aliphatic hydroxyl groups is 1. The molecular weight excluding hydrogens is 431 g/mol. The van der Waals surface area contributed by atoms with Crippen molar-refractivity contribution >= 4 is 17.4 Å². The molecule has 2 heterocycles. The van der Waals surface area contributed by atoms with Crippen molar-refractivity contribution in [1.29, 1.82) is 0 Å². The van der Waals surface area contributed by atoms with Crippen LogP contribution >= 0.6 is 0 Å². The molecule has 33 heavy (non-hydrogen) atoms. The van der Waals surface area contributed by atoms with Gasteiger partial charge < -0.3 is 15.3 Å². The number of aliphatic hydroxyl groups excluding tert-OH is 1. The predicted molar refractivity (Wildman–Crippen MR) is 120 cm³/mol. The predicted octanol–water partition coefficient (Wildman–Crippen LogP) is 4.50. The maximum Gasteiger partial charge on any atom is 0.416 e. The number of rotatable bonds is 7. The normalized spacial score (nSPS) is 13.2. The molecule has 0 spiro atoms. The van der Waals surface area contributed by atoms with Crippen molar-refractivity contribution in [1.82, 2.24) is 10.3 Å². The van der Waals surface area contributed by atoms with Gasteiger partial charge in [-0.25, -0.2) is 4.98 Å². The van der Waals surface area contributed by atoms with E-state index in [2.05, 4.69) is 10.3 Å². The molecule has 1 aliphatic heterocycles. The molecule has 3 aromatic rings. The lowest BCUT2D eigenvalue weighted by atomic mass is 10.0.